The molecule has 0 aliphatic heterocycles. The summed E-state index contributed by atoms with van der Waals surface area (Å²) in [5.41, 5.74) is 8.48. The molecular formula is C13H20N2O3. The third-order valence-electron chi connectivity index (χ3n) is 2.71. The van der Waals surface area contributed by atoms with Gasteiger partial charge in [-0.2, -0.15) is 0 Å². The largest absolute Gasteiger partial charge is 0.494 e. The number of nitrogens with one attached hydrogen (secondary N) is 1. The Morgan fingerprint density at radius 2 is 2.17 bits per heavy atom. The van der Waals surface area contributed by atoms with Gasteiger partial charge in [-0.05, 0) is 37.5 Å². The lowest BCUT2D eigenvalue weighted by Gasteiger charge is -2.15. The molecule has 0 aliphatic carbocycles. The second kappa shape index (κ2) is 6.26. The summed E-state index contributed by atoms with van der Waals surface area (Å²) in [5, 5.41) is 11.9. The fourth-order valence-corrected chi connectivity index (χ4v) is 1.84. The molecule has 0 saturated carbocycles. The minimum absolute atomic E-state index is 0.367. The maximum Gasteiger partial charge on any atom is 0.320 e. The van der Waals surface area contributed by atoms with Gasteiger partial charge in [0.15, 0.2) is 0 Å². The number of benzene rings is 1. The van der Waals surface area contributed by atoms with Gasteiger partial charge in [-0.25, -0.2) is 0 Å². The molecule has 4 N–H and O–H groups in total. The molecular weight excluding hydrogens is 232 g/mol. The maximum absolute atomic E-state index is 10.6. The van der Waals surface area contributed by atoms with Crippen molar-refractivity contribution in [3.63, 3.8) is 0 Å². The summed E-state index contributed by atoms with van der Waals surface area (Å²) in [6.07, 6.45) is 0.367. The predicted octanol–water partition coefficient (Wildman–Crippen LogP) is 1.53. The van der Waals surface area contributed by atoms with E-state index in [1.54, 1.807) is 7.11 Å². The lowest BCUT2D eigenvalue weighted by Crippen LogP contribution is -2.32. The van der Waals surface area contributed by atoms with Crippen molar-refractivity contribution in [2.45, 2.75) is 26.3 Å². The van der Waals surface area contributed by atoms with Crippen LogP contribution in [0.4, 0.5) is 5.69 Å². The van der Waals surface area contributed by atoms with Crippen LogP contribution in [0.5, 0.6) is 5.75 Å². The van der Waals surface area contributed by atoms with Crippen molar-refractivity contribution in [2.75, 3.05) is 19.0 Å². The molecule has 0 spiro atoms. The molecule has 0 aromatic heterocycles. The number of ether oxygens (including phenoxy) is 1. The normalized spacial score (nSPS) is 12.0. The van der Waals surface area contributed by atoms with Gasteiger partial charge < -0.3 is 20.9 Å². The number of hydrogen-bond acceptors (Lipinski definition) is 4. The van der Waals surface area contributed by atoms with Crippen molar-refractivity contribution in [3.8, 4) is 5.75 Å². The lowest BCUT2D eigenvalue weighted by molar-refractivity contribution is -0.138. The standard InChI is InChI=1S/C13H20N2O3/c1-8-6-9(2)12(18-3)11(7-8)15-5-4-10(14)13(16)17/h6-7,10,15H,4-5,14H2,1-3H3,(H,16,17). The van der Waals surface area contributed by atoms with Crippen molar-refractivity contribution < 1.29 is 14.6 Å². The number of rotatable bonds is 6. The van der Waals surface area contributed by atoms with Crippen LogP contribution in [0.1, 0.15) is 17.5 Å². The first-order valence-electron chi connectivity index (χ1n) is 5.83. The van der Waals surface area contributed by atoms with E-state index in [0.717, 1.165) is 22.6 Å². The molecule has 0 radical (unpaired) electrons. The van der Waals surface area contributed by atoms with Crippen LogP contribution in [-0.4, -0.2) is 30.8 Å². The summed E-state index contributed by atoms with van der Waals surface area (Å²) in [6, 6.07) is 3.17. The molecule has 1 aromatic rings. The van der Waals surface area contributed by atoms with E-state index in [1.807, 2.05) is 26.0 Å². The number of anilines is 1. The summed E-state index contributed by atoms with van der Waals surface area (Å²) in [4.78, 5) is 10.6. The first-order chi connectivity index (χ1) is 8.45. The van der Waals surface area contributed by atoms with Crippen LogP contribution in [0.15, 0.2) is 12.1 Å². The molecule has 0 aliphatic rings. The fourth-order valence-electron chi connectivity index (χ4n) is 1.84. The highest BCUT2D eigenvalue weighted by Crippen LogP contribution is 2.29. The summed E-state index contributed by atoms with van der Waals surface area (Å²) in [5.74, 6) is -0.200. The zero-order chi connectivity index (χ0) is 13.7. The van der Waals surface area contributed by atoms with Gasteiger partial charge in [-0.3, -0.25) is 4.79 Å². The van der Waals surface area contributed by atoms with Gasteiger partial charge in [-0.15, -0.1) is 0 Å². The lowest BCUT2D eigenvalue weighted by atomic mass is 10.1. The van der Waals surface area contributed by atoms with Gasteiger partial charge in [0.25, 0.3) is 0 Å². The van der Waals surface area contributed by atoms with Crippen LogP contribution >= 0.6 is 0 Å². The molecule has 0 fully saturated rings. The topological polar surface area (TPSA) is 84.6 Å². The summed E-state index contributed by atoms with van der Waals surface area (Å²) < 4.78 is 5.33. The first kappa shape index (κ1) is 14.3. The van der Waals surface area contributed by atoms with Gasteiger partial charge in [0.2, 0.25) is 0 Å². The molecule has 1 aromatic carbocycles. The highest BCUT2D eigenvalue weighted by atomic mass is 16.5. The Labute approximate surface area is 107 Å². The number of aliphatic carboxylic acids is 1. The molecule has 100 valence electrons. The number of nitrogens with two attached hydrogens (primary N) is 1. The summed E-state index contributed by atoms with van der Waals surface area (Å²) in [7, 11) is 1.62. The third-order valence-corrected chi connectivity index (χ3v) is 2.71. The predicted molar refractivity (Wildman–Crippen MR) is 71.2 cm³/mol. The second-order valence-corrected chi connectivity index (χ2v) is 4.32. The van der Waals surface area contributed by atoms with Crippen LogP contribution in [0.25, 0.3) is 0 Å². The maximum atomic E-state index is 10.6. The SMILES string of the molecule is COc1c(C)cc(C)cc1NCCC(N)C(=O)O. The molecule has 0 amide bonds. The number of carboxylic acids is 1. The zero-order valence-electron chi connectivity index (χ0n) is 11.0. The van der Waals surface area contributed by atoms with Crippen LogP contribution in [0.3, 0.4) is 0 Å². The number of methoxy groups -OCH3 is 1. The molecule has 1 rings (SSSR count). The Hall–Kier alpha value is -1.75. The summed E-state index contributed by atoms with van der Waals surface area (Å²) in [6.45, 7) is 4.47. The Bertz CT molecular complexity index is 432. The first-order valence-corrected chi connectivity index (χ1v) is 5.83. The summed E-state index contributed by atoms with van der Waals surface area (Å²) >= 11 is 0. The Morgan fingerprint density at radius 3 is 2.72 bits per heavy atom. The van der Waals surface area contributed by atoms with E-state index >= 15 is 0 Å². The monoisotopic (exact) mass is 252 g/mol. The molecule has 1 unspecified atom stereocenters. The van der Waals surface area contributed by atoms with E-state index in [2.05, 4.69) is 5.32 Å². The molecule has 18 heavy (non-hydrogen) atoms. The minimum Gasteiger partial charge on any atom is -0.494 e. The number of aryl methyl sites for hydroxylation is 2. The van der Waals surface area contributed by atoms with Crippen LogP contribution in [0.2, 0.25) is 0 Å². The second-order valence-electron chi connectivity index (χ2n) is 4.32. The Morgan fingerprint density at radius 1 is 1.50 bits per heavy atom. The van der Waals surface area contributed by atoms with Crippen molar-refractivity contribution in [3.05, 3.63) is 23.3 Å². The van der Waals surface area contributed by atoms with E-state index in [0.29, 0.717) is 13.0 Å². The fraction of sp³-hybridized carbons (Fsp3) is 0.462. The smallest absolute Gasteiger partial charge is 0.320 e. The molecule has 5 heteroatoms. The molecule has 0 bridgehead atoms. The van der Waals surface area contributed by atoms with E-state index < -0.39 is 12.0 Å². The van der Waals surface area contributed by atoms with Crippen LogP contribution < -0.4 is 15.8 Å². The number of carboxylic acid groups (broad SMARTS) is 1. The highest BCUT2D eigenvalue weighted by Gasteiger charge is 2.12. The Balaban J connectivity index is 2.69. The van der Waals surface area contributed by atoms with Crippen molar-refractivity contribution in [1.82, 2.24) is 0 Å². The van der Waals surface area contributed by atoms with Gasteiger partial charge >= 0.3 is 5.97 Å². The van der Waals surface area contributed by atoms with Gasteiger partial charge in [0.05, 0.1) is 12.8 Å². The number of carbonyl (C=O) groups is 1. The van der Waals surface area contributed by atoms with E-state index in [-0.39, 0.29) is 0 Å². The molecule has 0 saturated heterocycles. The van der Waals surface area contributed by atoms with E-state index in [9.17, 15) is 4.79 Å². The van der Waals surface area contributed by atoms with Crippen molar-refractivity contribution >= 4 is 11.7 Å². The highest BCUT2D eigenvalue weighted by molar-refractivity contribution is 5.73. The zero-order valence-corrected chi connectivity index (χ0v) is 11.0. The average molecular weight is 252 g/mol. The van der Waals surface area contributed by atoms with Gasteiger partial charge in [-0.1, -0.05) is 6.07 Å². The van der Waals surface area contributed by atoms with Crippen molar-refractivity contribution in [2.24, 2.45) is 5.73 Å². The minimum atomic E-state index is -0.982. The molecule has 5 nitrogen and oxygen atoms in total. The van der Waals surface area contributed by atoms with Gasteiger partial charge in [0.1, 0.15) is 11.8 Å². The van der Waals surface area contributed by atoms with Crippen LogP contribution in [-0.2, 0) is 4.79 Å². The molecule has 0 heterocycles. The number of hydrogen-bond donors (Lipinski definition) is 3. The van der Waals surface area contributed by atoms with E-state index in [1.165, 1.54) is 0 Å². The van der Waals surface area contributed by atoms with Crippen LogP contribution in [0, 0.1) is 13.8 Å². The third kappa shape index (κ3) is 3.63. The average Bonchev–Trinajstić information content (AvgIpc) is 2.28. The quantitative estimate of drug-likeness (QED) is 0.715. The Kier molecular flexibility index (Phi) is 4.97. The van der Waals surface area contributed by atoms with E-state index in [4.69, 9.17) is 15.6 Å². The molecule has 1 atom stereocenters. The van der Waals surface area contributed by atoms with Crippen molar-refractivity contribution in [1.29, 1.82) is 0 Å². The van der Waals surface area contributed by atoms with Gasteiger partial charge in [0, 0.05) is 6.54 Å².